The molecule has 1 aliphatic carbocycles. The Balaban J connectivity index is 1.42. The first-order valence-corrected chi connectivity index (χ1v) is 11.8. The van der Waals surface area contributed by atoms with Crippen molar-refractivity contribution in [3.63, 3.8) is 0 Å². The molecule has 0 saturated carbocycles. The minimum absolute atomic E-state index is 0.0454. The van der Waals surface area contributed by atoms with E-state index < -0.39 is 23.5 Å². The molecule has 2 amide bonds. The van der Waals surface area contributed by atoms with Crippen LogP contribution in [0.1, 0.15) is 50.7 Å². The third-order valence-corrected chi connectivity index (χ3v) is 6.78. The zero-order valence-electron chi connectivity index (χ0n) is 19.9. The highest BCUT2D eigenvalue weighted by Crippen LogP contribution is 2.44. The van der Waals surface area contributed by atoms with Gasteiger partial charge in [-0.05, 0) is 40.0 Å². The molecule has 2 aromatic carbocycles. The first-order chi connectivity index (χ1) is 16.1. The number of benzene rings is 2. The molecule has 2 atom stereocenters. The molecule has 0 spiro atoms. The molecule has 0 bridgehead atoms. The van der Waals surface area contributed by atoms with Crippen molar-refractivity contribution in [2.45, 2.75) is 45.6 Å². The Morgan fingerprint density at radius 1 is 1.06 bits per heavy atom. The Morgan fingerprint density at radius 2 is 1.65 bits per heavy atom. The third kappa shape index (κ3) is 4.93. The van der Waals surface area contributed by atoms with Crippen LogP contribution in [0.2, 0.25) is 0 Å². The number of nitrogens with zero attached hydrogens (tertiary/aromatic N) is 1. The number of carboxylic acid groups (broad SMARTS) is 1. The molecule has 34 heavy (non-hydrogen) atoms. The van der Waals surface area contributed by atoms with Gasteiger partial charge in [0.15, 0.2) is 0 Å². The lowest BCUT2D eigenvalue weighted by molar-refractivity contribution is -0.139. The Hall–Kier alpha value is -3.35. The lowest BCUT2D eigenvalue weighted by atomic mass is 9.86. The van der Waals surface area contributed by atoms with Gasteiger partial charge in [0.1, 0.15) is 12.6 Å². The fourth-order valence-corrected chi connectivity index (χ4v) is 5.04. The van der Waals surface area contributed by atoms with Crippen LogP contribution in [-0.4, -0.2) is 53.7 Å². The van der Waals surface area contributed by atoms with E-state index in [1.807, 2.05) is 45.0 Å². The first-order valence-electron chi connectivity index (χ1n) is 11.8. The number of carbonyl (C=O) groups excluding carboxylic acids is 2. The van der Waals surface area contributed by atoms with Gasteiger partial charge in [0, 0.05) is 25.4 Å². The molecule has 180 valence electrons. The molecule has 1 heterocycles. The molecule has 7 nitrogen and oxygen atoms in total. The molecule has 2 N–H and O–H groups in total. The van der Waals surface area contributed by atoms with Gasteiger partial charge in [0.2, 0.25) is 5.91 Å². The summed E-state index contributed by atoms with van der Waals surface area (Å²) in [5, 5.41) is 11.8. The number of alkyl carbamates (subject to hydrolysis) is 1. The summed E-state index contributed by atoms with van der Waals surface area (Å²) in [4.78, 5) is 38.8. The summed E-state index contributed by atoms with van der Waals surface area (Å²) in [7, 11) is 0. The van der Waals surface area contributed by atoms with Crippen LogP contribution in [0, 0.1) is 11.3 Å². The second kappa shape index (κ2) is 9.49. The summed E-state index contributed by atoms with van der Waals surface area (Å²) in [6, 6.07) is 15.5. The van der Waals surface area contributed by atoms with E-state index in [0.29, 0.717) is 19.5 Å². The molecular weight excluding hydrogens is 432 g/mol. The van der Waals surface area contributed by atoms with E-state index in [9.17, 15) is 14.4 Å². The number of amides is 2. The highest BCUT2D eigenvalue weighted by atomic mass is 16.5. The summed E-state index contributed by atoms with van der Waals surface area (Å²) in [5.74, 6) is -1.17. The average molecular weight is 465 g/mol. The van der Waals surface area contributed by atoms with E-state index >= 15 is 0 Å². The van der Waals surface area contributed by atoms with Crippen LogP contribution in [0.15, 0.2) is 48.5 Å². The number of aliphatic carboxylic acids is 1. The van der Waals surface area contributed by atoms with Crippen molar-refractivity contribution in [2.75, 3.05) is 19.7 Å². The number of carboxylic acids is 1. The van der Waals surface area contributed by atoms with Crippen LogP contribution < -0.4 is 5.32 Å². The second-order valence-corrected chi connectivity index (χ2v) is 10.3. The van der Waals surface area contributed by atoms with Crippen LogP contribution >= 0.6 is 0 Å². The van der Waals surface area contributed by atoms with Crippen molar-refractivity contribution in [1.82, 2.24) is 10.2 Å². The van der Waals surface area contributed by atoms with Crippen LogP contribution in [0.25, 0.3) is 11.1 Å². The second-order valence-electron chi connectivity index (χ2n) is 10.3. The summed E-state index contributed by atoms with van der Waals surface area (Å²) in [6.45, 7) is 6.74. The van der Waals surface area contributed by atoms with Crippen molar-refractivity contribution < 1.29 is 24.2 Å². The van der Waals surface area contributed by atoms with Crippen LogP contribution in [0.3, 0.4) is 0 Å². The predicted octanol–water partition coefficient (Wildman–Crippen LogP) is 4.26. The van der Waals surface area contributed by atoms with Gasteiger partial charge in [0.25, 0.3) is 0 Å². The number of hydrogen-bond acceptors (Lipinski definition) is 4. The Morgan fingerprint density at radius 3 is 2.21 bits per heavy atom. The van der Waals surface area contributed by atoms with Crippen molar-refractivity contribution in [2.24, 2.45) is 11.3 Å². The van der Waals surface area contributed by atoms with Crippen molar-refractivity contribution in [3.05, 3.63) is 59.7 Å². The molecule has 4 rings (SSSR count). The Labute approximate surface area is 200 Å². The van der Waals surface area contributed by atoms with Crippen LogP contribution in [0.4, 0.5) is 4.79 Å². The SMILES string of the molecule is CC(C)(C)[C@@H](NC(=O)OCC1c2ccccc2-c2ccccc21)C(=O)N1CCC(CC(=O)O)C1. The summed E-state index contributed by atoms with van der Waals surface area (Å²) < 4.78 is 5.65. The van der Waals surface area contributed by atoms with Gasteiger partial charge >= 0.3 is 12.1 Å². The number of fused-ring (bicyclic) bond motifs is 3. The van der Waals surface area contributed by atoms with E-state index in [2.05, 4.69) is 29.6 Å². The van der Waals surface area contributed by atoms with Crippen molar-refractivity contribution in [1.29, 1.82) is 0 Å². The van der Waals surface area contributed by atoms with Gasteiger partial charge in [-0.2, -0.15) is 0 Å². The highest BCUT2D eigenvalue weighted by molar-refractivity contribution is 5.87. The van der Waals surface area contributed by atoms with Crippen molar-refractivity contribution in [3.8, 4) is 11.1 Å². The first kappa shape index (κ1) is 23.8. The largest absolute Gasteiger partial charge is 0.481 e. The maximum Gasteiger partial charge on any atom is 0.407 e. The minimum atomic E-state index is -0.858. The summed E-state index contributed by atoms with van der Waals surface area (Å²) >= 11 is 0. The van der Waals surface area contributed by atoms with Gasteiger partial charge < -0.3 is 20.1 Å². The molecule has 0 aromatic heterocycles. The standard InChI is InChI=1S/C27H32N2O5/c1-27(2,3)24(25(32)29-13-12-17(15-29)14-23(30)31)28-26(33)34-16-22-20-10-6-4-8-18(20)19-9-5-7-11-21(19)22/h4-11,17,22,24H,12-16H2,1-3H3,(H,28,33)(H,30,31)/t17?,24-/m0/s1. The molecule has 2 aromatic rings. The van der Waals surface area contributed by atoms with Gasteiger partial charge in [-0.1, -0.05) is 69.3 Å². The number of nitrogens with one attached hydrogen (secondary N) is 1. The summed E-state index contributed by atoms with van der Waals surface area (Å²) in [5.41, 5.74) is 4.02. The molecule has 0 radical (unpaired) electrons. The van der Waals surface area contributed by atoms with Crippen LogP contribution in [-0.2, 0) is 14.3 Å². The Kier molecular flexibility index (Phi) is 6.64. The topological polar surface area (TPSA) is 95.9 Å². The molecule has 1 unspecified atom stereocenters. The van der Waals surface area contributed by atoms with Crippen LogP contribution in [0.5, 0.6) is 0 Å². The fourth-order valence-electron chi connectivity index (χ4n) is 5.04. The van der Waals surface area contributed by atoms with E-state index in [1.165, 1.54) is 0 Å². The number of ether oxygens (including phenoxy) is 1. The average Bonchev–Trinajstić information content (AvgIpc) is 3.37. The van der Waals surface area contributed by atoms with E-state index in [4.69, 9.17) is 9.84 Å². The van der Waals surface area contributed by atoms with E-state index in [1.54, 1.807) is 4.90 Å². The number of carbonyl (C=O) groups is 3. The lowest BCUT2D eigenvalue weighted by Crippen LogP contribution is -2.54. The number of rotatable bonds is 6. The van der Waals surface area contributed by atoms with E-state index in [0.717, 1.165) is 22.3 Å². The van der Waals surface area contributed by atoms with Crippen molar-refractivity contribution >= 4 is 18.0 Å². The maximum atomic E-state index is 13.3. The third-order valence-electron chi connectivity index (χ3n) is 6.78. The smallest absolute Gasteiger partial charge is 0.407 e. The zero-order valence-corrected chi connectivity index (χ0v) is 19.9. The van der Waals surface area contributed by atoms with Gasteiger partial charge in [0.05, 0.1) is 0 Å². The van der Waals surface area contributed by atoms with Gasteiger partial charge in [-0.3, -0.25) is 9.59 Å². The van der Waals surface area contributed by atoms with Gasteiger partial charge in [-0.25, -0.2) is 4.79 Å². The highest BCUT2D eigenvalue weighted by Gasteiger charge is 2.39. The fraction of sp³-hybridized carbons (Fsp3) is 0.444. The normalized spacial score (nSPS) is 18.2. The van der Waals surface area contributed by atoms with Gasteiger partial charge in [-0.15, -0.1) is 0 Å². The quantitative estimate of drug-likeness (QED) is 0.666. The molecular formula is C27H32N2O5. The Bertz CT molecular complexity index is 1040. The predicted molar refractivity (Wildman–Crippen MR) is 128 cm³/mol. The number of hydrogen-bond donors (Lipinski definition) is 2. The number of likely N-dealkylation sites (tertiary alicyclic amines) is 1. The minimum Gasteiger partial charge on any atom is -0.481 e. The maximum absolute atomic E-state index is 13.3. The monoisotopic (exact) mass is 464 g/mol. The molecule has 1 fully saturated rings. The lowest BCUT2D eigenvalue weighted by Gasteiger charge is -2.33. The van der Waals surface area contributed by atoms with E-state index in [-0.39, 0.29) is 30.8 Å². The molecule has 2 aliphatic rings. The molecule has 7 heteroatoms. The molecule has 1 saturated heterocycles. The zero-order chi connectivity index (χ0) is 24.5. The summed E-state index contributed by atoms with van der Waals surface area (Å²) in [6.07, 6.45) is 0.0697. The molecule has 1 aliphatic heterocycles.